The van der Waals surface area contributed by atoms with Gasteiger partial charge in [-0.2, -0.15) is 0 Å². The monoisotopic (exact) mass is 421 g/mol. The maximum atomic E-state index is 5.64. The largest absolute Gasteiger partial charge is 0.419 e. The molecule has 0 aliphatic rings. The third kappa shape index (κ3) is 3.52. The molecule has 0 saturated heterocycles. The Morgan fingerprint density at radius 2 is 2.17 bits per heavy atom. The Morgan fingerprint density at radius 3 is 2.89 bits per heavy atom. The van der Waals surface area contributed by atoms with Crippen LogP contribution in [0, 0.1) is 3.57 Å². The van der Waals surface area contributed by atoms with Gasteiger partial charge in [-0.3, -0.25) is 0 Å². The predicted octanol–water partition coefficient (Wildman–Crippen LogP) is 3.60. The van der Waals surface area contributed by atoms with Crippen LogP contribution in [0.2, 0.25) is 0 Å². The summed E-state index contributed by atoms with van der Waals surface area (Å²) in [4.78, 5) is 0. The summed E-state index contributed by atoms with van der Waals surface area (Å²) in [5.74, 6) is 1.14. The minimum Gasteiger partial charge on any atom is -0.419 e. The number of hydrogen-bond donors (Lipinski definition) is 1. The standard InChI is InChI=1S/C12H13BrIN3O/c1-7(2)15-6-11-16-17-12(18-11)9-5-8(14)3-4-10(9)13/h3-5,7,15H,6H2,1-2H3. The zero-order valence-electron chi connectivity index (χ0n) is 10.1. The maximum absolute atomic E-state index is 5.64. The number of benzene rings is 1. The molecule has 2 aromatic rings. The molecule has 0 bridgehead atoms. The number of aromatic nitrogens is 2. The molecule has 0 radical (unpaired) electrons. The van der Waals surface area contributed by atoms with Crippen molar-refractivity contribution >= 4 is 38.5 Å². The average molecular weight is 422 g/mol. The van der Waals surface area contributed by atoms with Gasteiger partial charge in [-0.05, 0) is 56.7 Å². The van der Waals surface area contributed by atoms with Gasteiger partial charge < -0.3 is 9.73 Å². The molecule has 1 aromatic carbocycles. The van der Waals surface area contributed by atoms with Crippen LogP contribution in [-0.2, 0) is 6.54 Å². The SMILES string of the molecule is CC(C)NCc1nnc(-c2cc(I)ccc2Br)o1. The first-order valence-corrected chi connectivity index (χ1v) is 7.44. The van der Waals surface area contributed by atoms with Gasteiger partial charge in [0.2, 0.25) is 11.8 Å². The molecule has 96 valence electrons. The summed E-state index contributed by atoms with van der Waals surface area (Å²) in [5.41, 5.74) is 0.921. The number of rotatable bonds is 4. The van der Waals surface area contributed by atoms with Gasteiger partial charge in [0.05, 0.1) is 12.1 Å². The second kappa shape index (κ2) is 6.12. The summed E-state index contributed by atoms with van der Waals surface area (Å²) >= 11 is 5.75. The van der Waals surface area contributed by atoms with Crippen LogP contribution >= 0.6 is 38.5 Å². The third-order valence-corrected chi connectivity index (χ3v) is 3.65. The van der Waals surface area contributed by atoms with Gasteiger partial charge in [0.15, 0.2) is 0 Å². The summed E-state index contributed by atoms with van der Waals surface area (Å²) < 4.78 is 7.72. The first-order chi connectivity index (χ1) is 8.56. The Morgan fingerprint density at radius 1 is 1.39 bits per heavy atom. The molecule has 0 saturated carbocycles. The van der Waals surface area contributed by atoms with Crippen molar-refractivity contribution in [2.24, 2.45) is 0 Å². The van der Waals surface area contributed by atoms with Gasteiger partial charge in [-0.1, -0.05) is 13.8 Å². The van der Waals surface area contributed by atoms with E-state index < -0.39 is 0 Å². The Labute approximate surface area is 128 Å². The van der Waals surface area contributed by atoms with Gasteiger partial charge in [0, 0.05) is 14.1 Å². The van der Waals surface area contributed by atoms with Crippen molar-refractivity contribution in [2.75, 3.05) is 0 Å². The van der Waals surface area contributed by atoms with E-state index in [1.165, 1.54) is 0 Å². The smallest absolute Gasteiger partial charge is 0.248 e. The van der Waals surface area contributed by atoms with Gasteiger partial charge in [-0.15, -0.1) is 10.2 Å². The number of nitrogens with one attached hydrogen (secondary N) is 1. The molecule has 0 spiro atoms. The molecule has 1 aromatic heterocycles. The molecule has 6 heteroatoms. The quantitative estimate of drug-likeness (QED) is 0.766. The highest BCUT2D eigenvalue weighted by Crippen LogP contribution is 2.28. The molecule has 4 nitrogen and oxygen atoms in total. The molecule has 0 amide bonds. The molecule has 1 N–H and O–H groups in total. The minimum atomic E-state index is 0.393. The van der Waals surface area contributed by atoms with Crippen LogP contribution < -0.4 is 5.32 Å². The first kappa shape index (κ1) is 14.0. The lowest BCUT2D eigenvalue weighted by Gasteiger charge is -2.03. The number of halogens is 2. The van der Waals surface area contributed by atoms with Crippen LogP contribution in [0.3, 0.4) is 0 Å². The fraction of sp³-hybridized carbons (Fsp3) is 0.333. The van der Waals surface area contributed by atoms with E-state index in [4.69, 9.17) is 4.42 Å². The molecule has 1 heterocycles. The summed E-state index contributed by atoms with van der Waals surface area (Å²) in [6, 6.07) is 6.40. The van der Waals surface area contributed by atoms with E-state index in [1.54, 1.807) is 0 Å². The van der Waals surface area contributed by atoms with E-state index in [9.17, 15) is 0 Å². The van der Waals surface area contributed by atoms with E-state index in [1.807, 2.05) is 18.2 Å². The normalized spacial score (nSPS) is 11.2. The van der Waals surface area contributed by atoms with E-state index >= 15 is 0 Å². The van der Waals surface area contributed by atoms with Crippen LogP contribution in [0.5, 0.6) is 0 Å². The van der Waals surface area contributed by atoms with E-state index in [2.05, 4.69) is 67.9 Å². The van der Waals surface area contributed by atoms with E-state index in [0.29, 0.717) is 24.4 Å². The lowest BCUT2D eigenvalue weighted by Crippen LogP contribution is -2.21. The van der Waals surface area contributed by atoms with Crippen LogP contribution in [0.1, 0.15) is 19.7 Å². The van der Waals surface area contributed by atoms with Crippen LogP contribution in [0.25, 0.3) is 11.5 Å². The van der Waals surface area contributed by atoms with Gasteiger partial charge >= 0.3 is 0 Å². The molecule has 0 unspecified atom stereocenters. The number of hydrogen-bond acceptors (Lipinski definition) is 4. The zero-order chi connectivity index (χ0) is 13.1. The zero-order valence-corrected chi connectivity index (χ0v) is 13.8. The summed E-state index contributed by atoms with van der Waals surface area (Å²) in [6.45, 7) is 4.74. The average Bonchev–Trinajstić information content (AvgIpc) is 2.78. The van der Waals surface area contributed by atoms with Crippen LogP contribution in [0.15, 0.2) is 27.1 Å². The second-order valence-electron chi connectivity index (χ2n) is 4.16. The molecule has 0 aliphatic heterocycles. The second-order valence-corrected chi connectivity index (χ2v) is 6.26. The molecule has 0 atom stereocenters. The summed E-state index contributed by atoms with van der Waals surface area (Å²) in [6.07, 6.45) is 0. The van der Waals surface area contributed by atoms with Crippen molar-refractivity contribution in [3.05, 3.63) is 32.1 Å². The molecule has 0 aliphatic carbocycles. The molecule has 18 heavy (non-hydrogen) atoms. The van der Waals surface area contributed by atoms with Crippen molar-refractivity contribution in [2.45, 2.75) is 26.4 Å². The molecular weight excluding hydrogens is 409 g/mol. The van der Waals surface area contributed by atoms with Gasteiger partial charge in [-0.25, -0.2) is 0 Å². The number of nitrogens with zero attached hydrogens (tertiary/aromatic N) is 2. The Hall–Kier alpha value is -0.470. The molecule has 2 rings (SSSR count). The van der Waals surface area contributed by atoms with Crippen LogP contribution in [-0.4, -0.2) is 16.2 Å². The highest BCUT2D eigenvalue weighted by atomic mass is 127. The van der Waals surface area contributed by atoms with Crippen molar-refractivity contribution in [3.8, 4) is 11.5 Å². The fourth-order valence-corrected chi connectivity index (χ4v) is 2.29. The molecule has 0 fully saturated rings. The Kier molecular flexibility index (Phi) is 4.74. The highest BCUT2D eigenvalue weighted by molar-refractivity contribution is 14.1. The lowest BCUT2D eigenvalue weighted by atomic mass is 10.2. The van der Waals surface area contributed by atoms with Crippen molar-refractivity contribution < 1.29 is 4.42 Å². The first-order valence-electron chi connectivity index (χ1n) is 5.57. The summed E-state index contributed by atoms with van der Waals surface area (Å²) in [7, 11) is 0. The molecular formula is C12H13BrIN3O. The minimum absolute atomic E-state index is 0.393. The topological polar surface area (TPSA) is 51.0 Å². The van der Waals surface area contributed by atoms with Crippen molar-refractivity contribution in [1.82, 2.24) is 15.5 Å². The van der Waals surface area contributed by atoms with Gasteiger partial charge in [0.1, 0.15) is 0 Å². The Bertz CT molecular complexity index is 542. The lowest BCUT2D eigenvalue weighted by molar-refractivity contribution is 0.458. The van der Waals surface area contributed by atoms with Crippen molar-refractivity contribution in [3.63, 3.8) is 0 Å². The van der Waals surface area contributed by atoms with Crippen LogP contribution in [0.4, 0.5) is 0 Å². The summed E-state index contributed by atoms with van der Waals surface area (Å²) in [5, 5.41) is 11.4. The van der Waals surface area contributed by atoms with E-state index in [0.717, 1.165) is 13.6 Å². The van der Waals surface area contributed by atoms with E-state index in [-0.39, 0.29) is 0 Å². The maximum Gasteiger partial charge on any atom is 0.248 e. The fourth-order valence-electron chi connectivity index (χ4n) is 1.39. The predicted molar refractivity (Wildman–Crippen MR) is 82.1 cm³/mol. The highest BCUT2D eigenvalue weighted by Gasteiger charge is 2.12. The van der Waals surface area contributed by atoms with Gasteiger partial charge in [0.25, 0.3) is 0 Å². The van der Waals surface area contributed by atoms with Crippen molar-refractivity contribution in [1.29, 1.82) is 0 Å². The Balaban J connectivity index is 2.21. The third-order valence-electron chi connectivity index (χ3n) is 2.29.